The maximum atomic E-state index is 12.4. The van der Waals surface area contributed by atoms with Crippen molar-refractivity contribution in [3.63, 3.8) is 0 Å². The summed E-state index contributed by atoms with van der Waals surface area (Å²) in [4.78, 5) is 23.0. The van der Waals surface area contributed by atoms with Crippen LogP contribution in [-0.2, 0) is 7.05 Å². The molecule has 2 aromatic rings. The van der Waals surface area contributed by atoms with Gasteiger partial charge in [-0.25, -0.2) is 9.97 Å². The smallest absolute Gasteiger partial charge is 0.255 e. The number of hydrogen-bond donors (Lipinski definition) is 0. The van der Waals surface area contributed by atoms with Crippen LogP contribution in [0, 0.1) is 0 Å². The van der Waals surface area contributed by atoms with E-state index in [1.807, 2.05) is 16.6 Å². The van der Waals surface area contributed by atoms with Gasteiger partial charge in [-0.3, -0.25) is 9.48 Å². The summed E-state index contributed by atoms with van der Waals surface area (Å²) < 4.78 is 6.88. The largest absolute Gasteiger partial charge is 0.481 e. The number of methoxy groups -OCH3 is 1. The third-order valence-electron chi connectivity index (χ3n) is 4.48. The van der Waals surface area contributed by atoms with Crippen molar-refractivity contribution >= 4 is 5.91 Å². The van der Waals surface area contributed by atoms with Crippen molar-refractivity contribution in [2.75, 3.05) is 20.2 Å². The number of aryl methyl sites for hydroxylation is 1. The van der Waals surface area contributed by atoms with Gasteiger partial charge < -0.3 is 9.64 Å². The molecule has 2 aliphatic rings. The Labute approximate surface area is 134 Å². The molecule has 0 bridgehead atoms. The highest BCUT2D eigenvalue weighted by Crippen LogP contribution is 2.39. The lowest BCUT2D eigenvalue weighted by atomic mass is 9.98. The van der Waals surface area contributed by atoms with E-state index in [1.165, 1.54) is 12.8 Å². The van der Waals surface area contributed by atoms with Crippen LogP contribution in [0.3, 0.4) is 0 Å². The first-order chi connectivity index (χ1) is 11.2. The molecule has 0 N–H and O–H groups in total. The van der Waals surface area contributed by atoms with Crippen molar-refractivity contribution in [2.24, 2.45) is 7.05 Å². The second-order valence-electron chi connectivity index (χ2n) is 6.22. The third kappa shape index (κ3) is 2.56. The van der Waals surface area contributed by atoms with Crippen molar-refractivity contribution in [2.45, 2.75) is 24.7 Å². The number of carbonyl (C=O) groups excluding carboxylic acids is 1. The quantitative estimate of drug-likeness (QED) is 0.851. The predicted octanol–water partition coefficient (Wildman–Crippen LogP) is 1.34. The molecule has 1 saturated carbocycles. The van der Waals surface area contributed by atoms with E-state index in [1.54, 1.807) is 25.4 Å². The number of rotatable bonds is 4. The van der Waals surface area contributed by atoms with Crippen molar-refractivity contribution in [3.8, 4) is 5.88 Å². The highest BCUT2D eigenvalue weighted by atomic mass is 16.5. The summed E-state index contributed by atoms with van der Waals surface area (Å²) >= 11 is 0. The van der Waals surface area contributed by atoms with Crippen LogP contribution in [0.2, 0.25) is 0 Å². The molecular weight excluding hydrogens is 294 g/mol. The van der Waals surface area contributed by atoms with Crippen LogP contribution in [0.1, 0.15) is 46.7 Å². The summed E-state index contributed by atoms with van der Waals surface area (Å²) in [6.45, 7) is 1.36. The second kappa shape index (κ2) is 5.33. The molecule has 2 fully saturated rings. The zero-order chi connectivity index (χ0) is 16.0. The van der Waals surface area contributed by atoms with Crippen molar-refractivity contribution in [1.29, 1.82) is 0 Å². The van der Waals surface area contributed by atoms with Crippen LogP contribution in [0.25, 0.3) is 0 Å². The number of ether oxygens (including phenoxy) is 1. The lowest BCUT2D eigenvalue weighted by molar-refractivity contribution is 0.0590. The molecule has 3 heterocycles. The zero-order valence-corrected chi connectivity index (χ0v) is 13.3. The summed E-state index contributed by atoms with van der Waals surface area (Å²) in [5.41, 5.74) is 0.584. The van der Waals surface area contributed by atoms with E-state index >= 15 is 0 Å². The fourth-order valence-electron chi connectivity index (χ4n) is 2.90. The summed E-state index contributed by atoms with van der Waals surface area (Å²) in [6, 6.07) is 3.45. The predicted molar refractivity (Wildman–Crippen MR) is 82.4 cm³/mol. The van der Waals surface area contributed by atoms with Gasteiger partial charge in [0.2, 0.25) is 5.88 Å². The van der Waals surface area contributed by atoms with Crippen molar-refractivity contribution < 1.29 is 9.53 Å². The monoisotopic (exact) mass is 313 g/mol. The van der Waals surface area contributed by atoms with Gasteiger partial charge in [-0.1, -0.05) is 0 Å². The number of aromatic nitrogens is 4. The molecular formula is C16H19N5O2. The molecule has 2 aromatic heterocycles. The molecule has 1 aliphatic carbocycles. The molecule has 120 valence electrons. The first kappa shape index (κ1) is 14.2. The van der Waals surface area contributed by atoms with Gasteiger partial charge in [0, 0.05) is 38.3 Å². The van der Waals surface area contributed by atoms with Crippen molar-refractivity contribution in [3.05, 3.63) is 35.5 Å². The molecule has 0 atom stereocenters. The molecule has 0 aromatic carbocycles. The molecule has 4 rings (SSSR count). The minimum atomic E-state index is 0.000915. The molecule has 7 nitrogen and oxygen atoms in total. The van der Waals surface area contributed by atoms with Crippen LogP contribution in [0.15, 0.2) is 18.3 Å². The van der Waals surface area contributed by atoms with Crippen molar-refractivity contribution in [1.82, 2.24) is 24.6 Å². The Bertz CT molecular complexity index is 729. The second-order valence-corrected chi connectivity index (χ2v) is 6.22. The van der Waals surface area contributed by atoms with Crippen LogP contribution >= 0.6 is 0 Å². The highest BCUT2D eigenvalue weighted by Gasteiger charge is 2.37. The zero-order valence-electron chi connectivity index (χ0n) is 13.3. The van der Waals surface area contributed by atoms with Gasteiger partial charge in [-0.15, -0.1) is 0 Å². The molecule has 0 unspecified atom stereocenters. The average Bonchev–Trinajstić information content (AvgIpc) is 3.30. The Balaban J connectivity index is 1.41. The standard InChI is InChI=1S/C16H19N5O2/c1-20-15(18-14(19-20)10-3-4-10)12-8-21(9-12)16(22)11-5-6-13(23-2)17-7-11/h5-7,10,12H,3-4,8-9H2,1-2H3. The number of likely N-dealkylation sites (tertiary alicyclic amines) is 1. The van der Waals surface area contributed by atoms with Gasteiger partial charge in [-0.05, 0) is 18.9 Å². The number of hydrogen-bond acceptors (Lipinski definition) is 5. The highest BCUT2D eigenvalue weighted by molar-refractivity contribution is 5.94. The Morgan fingerprint density at radius 1 is 1.26 bits per heavy atom. The van der Waals surface area contributed by atoms with Gasteiger partial charge in [0.1, 0.15) is 5.82 Å². The Morgan fingerprint density at radius 3 is 2.65 bits per heavy atom. The number of nitrogens with zero attached hydrogens (tertiary/aromatic N) is 5. The van der Waals surface area contributed by atoms with Gasteiger partial charge >= 0.3 is 0 Å². The molecule has 1 amide bonds. The van der Waals surface area contributed by atoms with E-state index in [2.05, 4.69) is 15.1 Å². The summed E-state index contributed by atoms with van der Waals surface area (Å²) in [5.74, 6) is 3.29. The molecule has 0 radical (unpaired) electrons. The summed E-state index contributed by atoms with van der Waals surface area (Å²) in [7, 11) is 3.49. The topological polar surface area (TPSA) is 73.1 Å². The first-order valence-electron chi connectivity index (χ1n) is 7.86. The van der Waals surface area contributed by atoms with Gasteiger partial charge in [0.15, 0.2) is 5.82 Å². The molecule has 1 saturated heterocycles. The normalized spacial score (nSPS) is 17.9. The van der Waals surface area contributed by atoms with E-state index < -0.39 is 0 Å². The van der Waals surface area contributed by atoms with Gasteiger partial charge in [-0.2, -0.15) is 5.10 Å². The summed E-state index contributed by atoms with van der Waals surface area (Å²) in [6.07, 6.45) is 3.95. The molecule has 7 heteroatoms. The summed E-state index contributed by atoms with van der Waals surface area (Å²) in [5, 5.41) is 4.50. The molecule has 23 heavy (non-hydrogen) atoms. The molecule has 0 spiro atoms. The third-order valence-corrected chi connectivity index (χ3v) is 4.48. The Hall–Kier alpha value is -2.44. The fourth-order valence-corrected chi connectivity index (χ4v) is 2.90. The lowest BCUT2D eigenvalue weighted by Crippen LogP contribution is -2.49. The maximum absolute atomic E-state index is 12.4. The number of pyridine rings is 1. The minimum Gasteiger partial charge on any atom is -0.481 e. The van der Waals surface area contributed by atoms with Crippen LogP contribution < -0.4 is 4.74 Å². The lowest BCUT2D eigenvalue weighted by Gasteiger charge is -2.38. The van der Waals surface area contributed by atoms with E-state index in [-0.39, 0.29) is 11.8 Å². The van der Waals surface area contributed by atoms with Gasteiger partial charge in [0.25, 0.3) is 5.91 Å². The Kier molecular flexibility index (Phi) is 3.28. The van der Waals surface area contributed by atoms with Crippen LogP contribution in [-0.4, -0.2) is 50.8 Å². The van der Waals surface area contributed by atoms with E-state index in [0.29, 0.717) is 30.5 Å². The maximum Gasteiger partial charge on any atom is 0.255 e. The van der Waals surface area contributed by atoms with E-state index in [0.717, 1.165) is 11.6 Å². The number of amides is 1. The average molecular weight is 313 g/mol. The van der Waals surface area contributed by atoms with Crippen LogP contribution in [0.5, 0.6) is 5.88 Å². The first-order valence-corrected chi connectivity index (χ1v) is 7.86. The fraction of sp³-hybridized carbons (Fsp3) is 0.500. The Morgan fingerprint density at radius 2 is 2.04 bits per heavy atom. The molecule has 1 aliphatic heterocycles. The van der Waals surface area contributed by atoms with E-state index in [9.17, 15) is 4.79 Å². The van der Waals surface area contributed by atoms with Crippen LogP contribution in [0.4, 0.5) is 0 Å². The minimum absolute atomic E-state index is 0.000915. The van der Waals surface area contributed by atoms with E-state index in [4.69, 9.17) is 4.74 Å². The van der Waals surface area contributed by atoms with Gasteiger partial charge in [0.05, 0.1) is 18.6 Å². The SMILES string of the molecule is COc1ccc(C(=O)N2CC(c3nc(C4CC4)nn3C)C2)cn1. The number of carbonyl (C=O) groups is 1.